The Kier molecular flexibility index (Phi) is 3.50. The maximum absolute atomic E-state index is 13.0. The number of furan rings is 1. The van der Waals surface area contributed by atoms with E-state index in [-0.39, 0.29) is 17.7 Å². The topological polar surface area (TPSA) is 76.7 Å². The molecule has 4 rings (SSSR count). The molecule has 0 spiro atoms. The number of ketones is 1. The molecule has 1 aromatic rings. The summed E-state index contributed by atoms with van der Waals surface area (Å²) in [7, 11) is 0. The van der Waals surface area contributed by atoms with E-state index in [0.717, 1.165) is 24.8 Å². The van der Waals surface area contributed by atoms with Crippen LogP contribution in [0.25, 0.3) is 0 Å². The molecule has 3 aliphatic rings. The van der Waals surface area contributed by atoms with E-state index in [0.29, 0.717) is 12.8 Å². The molecule has 6 atom stereocenters. The van der Waals surface area contributed by atoms with Crippen LogP contribution in [0.4, 0.5) is 0 Å². The Morgan fingerprint density at radius 1 is 1.28 bits per heavy atom. The number of ether oxygens (including phenoxy) is 1. The zero-order valence-corrected chi connectivity index (χ0v) is 15.1. The van der Waals surface area contributed by atoms with Crippen LogP contribution < -0.4 is 0 Å². The van der Waals surface area contributed by atoms with Crippen molar-refractivity contribution in [3.05, 3.63) is 24.2 Å². The fourth-order valence-electron chi connectivity index (χ4n) is 6.01. The number of aliphatic hydroxyl groups is 1. The predicted octanol–water partition coefficient (Wildman–Crippen LogP) is 2.90. The number of hydrogen-bond acceptors (Lipinski definition) is 5. The molecule has 1 aliphatic heterocycles. The fraction of sp³-hybridized carbons (Fsp3) is 0.700. The van der Waals surface area contributed by atoms with Gasteiger partial charge in [-0.1, -0.05) is 20.3 Å². The van der Waals surface area contributed by atoms with Gasteiger partial charge in [-0.15, -0.1) is 0 Å². The minimum absolute atomic E-state index is 0.129. The van der Waals surface area contributed by atoms with E-state index in [1.165, 1.54) is 0 Å². The maximum atomic E-state index is 13.0. The quantitative estimate of drug-likeness (QED) is 0.852. The van der Waals surface area contributed by atoms with Crippen LogP contribution >= 0.6 is 0 Å². The summed E-state index contributed by atoms with van der Waals surface area (Å²) in [6.07, 6.45) is 6.10. The van der Waals surface area contributed by atoms with Gasteiger partial charge in [0, 0.05) is 17.3 Å². The monoisotopic (exact) mass is 346 g/mol. The summed E-state index contributed by atoms with van der Waals surface area (Å²) < 4.78 is 10.7. The summed E-state index contributed by atoms with van der Waals surface area (Å²) in [5.41, 5.74) is -1.33. The van der Waals surface area contributed by atoms with Crippen molar-refractivity contribution >= 4 is 11.8 Å². The Hall–Kier alpha value is -1.62. The van der Waals surface area contributed by atoms with Crippen molar-refractivity contribution < 1.29 is 23.8 Å². The number of carbonyl (C=O) groups excluding carboxylic acids is 2. The van der Waals surface area contributed by atoms with Crippen molar-refractivity contribution in [1.29, 1.82) is 0 Å². The number of aryl methyl sites for hydroxylation is 1. The van der Waals surface area contributed by atoms with Gasteiger partial charge in [0.2, 0.25) is 0 Å². The first-order valence-corrected chi connectivity index (χ1v) is 9.22. The first-order valence-electron chi connectivity index (χ1n) is 9.22. The Bertz CT molecular complexity index is 710. The van der Waals surface area contributed by atoms with Crippen LogP contribution in [0.3, 0.4) is 0 Å². The van der Waals surface area contributed by atoms with Gasteiger partial charge in [0.1, 0.15) is 0 Å². The van der Waals surface area contributed by atoms with Gasteiger partial charge in [0.25, 0.3) is 0 Å². The van der Waals surface area contributed by atoms with E-state index in [9.17, 15) is 14.7 Å². The lowest BCUT2D eigenvalue weighted by atomic mass is 9.43. The second kappa shape index (κ2) is 5.19. The fourth-order valence-corrected chi connectivity index (χ4v) is 6.01. The predicted molar refractivity (Wildman–Crippen MR) is 89.6 cm³/mol. The van der Waals surface area contributed by atoms with Crippen LogP contribution in [-0.2, 0) is 20.7 Å². The van der Waals surface area contributed by atoms with Crippen molar-refractivity contribution in [2.24, 2.45) is 22.7 Å². The third-order valence-electron chi connectivity index (χ3n) is 7.56. The highest BCUT2D eigenvalue weighted by Crippen LogP contribution is 2.66. The second-order valence-corrected chi connectivity index (χ2v) is 8.67. The van der Waals surface area contributed by atoms with Gasteiger partial charge >= 0.3 is 5.97 Å². The minimum atomic E-state index is -1.15. The third-order valence-corrected chi connectivity index (χ3v) is 7.56. The molecule has 0 radical (unpaired) electrons. The average molecular weight is 346 g/mol. The lowest BCUT2D eigenvalue weighted by Crippen LogP contribution is -2.68. The lowest BCUT2D eigenvalue weighted by molar-refractivity contribution is -0.212. The molecule has 1 N–H and O–H groups in total. The molecular formula is C20H26O5. The molecule has 2 aliphatic carbocycles. The van der Waals surface area contributed by atoms with Crippen LogP contribution in [0, 0.1) is 22.7 Å². The summed E-state index contributed by atoms with van der Waals surface area (Å²) in [5.74, 6) is -1.21. The van der Waals surface area contributed by atoms with Gasteiger partial charge in [-0.2, -0.15) is 0 Å². The molecule has 136 valence electrons. The molecule has 2 saturated carbocycles. The molecule has 6 unspecified atom stereocenters. The Morgan fingerprint density at radius 2 is 2.04 bits per heavy atom. The third kappa shape index (κ3) is 1.99. The standard InChI is InChI=1S/C20H26O5/c1-12-14(21)15-16-18(2,17(22)25-15)7-4-8-19(16,3)20(12,23)9-5-13-6-10-24-11-13/h6,10-12,15-16,23H,4-5,7-9H2,1-3H3. The van der Waals surface area contributed by atoms with Crippen molar-refractivity contribution in [2.75, 3.05) is 0 Å². The second-order valence-electron chi connectivity index (χ2n) is 8.67. The molecule has 0 bridgehead atoms. The first kappa shape index (κ1) is 16.8. The van der Waals surface area contributed by atoms with Gasteiger partial charge in [-0.05, 0) is 44.2 Å². The van der Waals surface area contributed by atoms with Gasteiger partial charge in [-0.3, -0.25) is 9.59 Å². The van der Waals surface area contributed by atoms with Gasteiger partial charge < -0.3 is 14.3 Å². The van der Waals surface area contributed by atoms with Crippen molar-refractivity contribution in [2.45, 2.75) is 64.6 Å². The molecule has 3 fully saturated rings. The zero-order chi connectivity index (χ0) is 18.0. The van der Waals surface area contributed by atoms with Crippen LogP contribution in [0.2, 0.25) is 0 Å². The molecule has 0 aromatic carbocycles. The van der Waals surface area contributed by atoms with Crippen LogP contribution in [0.1, 0.15) is 52.0 Å². The van der Waals surface area contributed by atoms with Gasteiger partial charge in [0.05, 0.1) is 23.5 Å². The molecule has 5 nitrogen and oxygen atoms in total. The van der Waals surface area contributed by atoms with E-state index < -0.39 is 28.5 Å². The van der Waals surface area contributed by atoms with Crippen molar-refractivity contribution in [1.82, 2.24) is 0 Å². The molecule has 1 saturated heterocycles. The van der Waals surface area contributed by atoms with Crippen LogP contribution in [-0.4, -0.2) is 28.6 Å². The first-order chi connectivity index (χ1) is 11.7. The number of hydrogen-bond donors (Lipinski definition) is 1. The Labute approximate surface area is 147 Å². The van der Waals surface area contributed by atoms with Gasteiger partial charge in [-0.25, -0.2) is 0 Å². The normalized spacial score (nSPS) is 46.0. The highest BCUT2D eigenvalue weighted by molar-refractivity contribution is 5.94. The zero-order valence-electron chi connectivity index (χ0n) is 15.1. The highest BCUT2D eigenvalue weighted by atomic mass is 16.6. The molecule has 1 aromatic heterocycles. The van der Waals surface area contributed by atoms with E-state index in [1.54, 1.807) is 19.5 Å². The lowest BCUT2D eigenvalue weighted by Gasteiger charge is -2.60. The number of esters is 1. The van der Waals surface area contributed by atoms with Gasteiger partial charge in [0.15, 0.2) is 11.9 Å². The maximum Gasteiger partial charge on any atom is 0.312 e. The van der Waals surface area contributed by atoms with E-state index >= 15 is 0 Å². The molecule has 5 heteroatoms. The van der Waals surface area contributed by atoms with Crippen LogP contribution in [0.5, 0.6) is 0 Å². The van der Waals surface area contributed by atoms with Crippen LogP contribution in [0.15, 0.2) is 23.0 Å². The Balaban J connectivity index is 1.76. The molecule has 0 amide bonds. The number of carbonyl (C=O) groups is 2. The highest BCUT2D eigenvalue weighted by Gasteiger charge is 2.73. The van der Waals surface area contributed by atoms with Crippen molar-refractivity contribution in [3.8, 4) is 0 Å². The summed E-state index contributed by atoms with van der Waals surface area (Å²) in [6, 6.07) is 1.89. The molecule has 25 heavy (non-hydrogen) atoms. The van der Waals surface area contributed by atoms with E-state index in [4.69, 9.17) is 9.15 Å². The number of rotatable bonds is 3. The summed E-state index contributed by atoms with van der Waals surface area (Å²) in [5, 5.41) is 11.8. The minimum Gasteiger partial charge on any atom is -0.472 e. The molecular weight excluding hydrogens is 320 g/mol. The largest absolute Gasteiger partial charge is 0.472 e. The smallest absolute Gasteiger partial charge is 0.312 e. The summed E-state index contributed by atoms with van der Waals surface area (Å²) >= 11 is 0. The average Bonchev–Trinajstić information content (AvgIpc) is 3.17. The summed E-state index contributed by atoms with van der Waals surface area (Å²) in [4.78, 5) is 25.5. The van der Waals surface area contributed by atoms with E-state index in [1.807, 2.05) is 13.0 Å². The Morgan fingerprint density at radius 3 is 2.72 bits per heavy atom. The number of Topliss-reactive ketones (excluding diaryl/α,β-unsaturated/α-hetero) is 1. The van der Waals surface area contributed by atoms with Crippen molar-refractivity contribution in [3.63, 3.8) is 0 Å². The molecule has 2 heterocycles. The summed E-state index contributed by atoms with van der Waals surface area (Å²) in [6.45, 7) is 5.76. The SMILES string of the molecule is CC1C(=O)C2OC(=O)C3(C)CCCC(C)(C23)C1(O)CCc1ccoc1. The van der Waals surface area contributed by atoms with E-state index in [2.05, 4.69) is 6.92 Å².